The van der Waals surface area contributed by atoms with Crippen molar-refractivity contribution >= 4 is 43.2 Å². The molecule has 1 aromatic heterocycles. The van der Waals surface area contributed by atoms with Gasteiger partial charge in [-0.05, 0) is 50.5 Å². The van der Waals surface area contributed by atoms with Crippen molar-refractivity contribution in [1.29, 1.82) is 0 Å². The molecule has 1 aromatic carbocycles. The van der Waals surface area contributed by atoms with Gasteiger partial charge in [-0.3, -0.25) is 0 Å². The van der Waals surface area contributed by atoms with Gasteiger partial charge in [-0.25, -0.2) is 13.2 Å². The third-order valence-electron chi connectivity index (χ3n) is 2.62. The first kappa shape index (κ1) is 15.0. The number of halogens is 5. The molecule has 2 aromatic rings. The number of nitrogens with one attached hydrogen (secondary N) is 1. The van der Waals surface area contributed by atoms with E-state index < -0.39 is 23.5 Å². The quantitative estimate of drug-likeness (QED) is 0.745. The molecule has 0 aliphatic heterocycles. The summed E-state index contributed by atoms with van der Waals surface area (Å²) in [4.78, 5) is 0. The van der Waals surface area contributed by atoms with Crippen LogP contribution in [0, 0.1) is 17.5 Å². The zero-order valence-electron chi connectivity index (χ0n) is 9.61. The SMILES string of the molecule is CNC(c1cc(Br)sc1Br)c1c(F)cc(F)cc1F. The van der Waals surface area contributed by atoms with Crippen LogP contribution in [-0.4, -0.2) is 7.05 Å². The van der Waals surface area contributed by atoms with Crippen LogP contribution in [0.25, 0.3) is 0 Å². The highest BCUT2D eigenvalue weighted by Gasteiger charge is 2.24. The molecule has 2 rings (SSSR count). The van der Waals surface area contributed by atoms with Crippen molar-refractivity contribution in [2.24, 2.45) is 0 Å². The highest BCUT2D eigenvalue weighted by molar-refractivity contribution is 9.12. The summed E-state index contributed by atoms with van der Waals surface area (Å²) in [5, 5.41) is 2.84. The van der Waals surface area contributed by atoms with E-state index in [1.54, 1.807) is 13.1 Å². The minimum absolute atomic E-state index is 0.199. The van der Waals surface area contributed by atoms with E-state index in [9.17, 15) is 13.2 Å². The molecule has 1 unspecified atom stereocenters. The molecule has 1 N–H and O–H groups in total. The summed E-state index contributed by atoms with van der Waals surface area (Å²) in [6.45, 7) is 0. The average molecular weight is 415 g/mol. The van der Waals surface area contributed by atoms with Gasteiger partial charge in [-0.15, -0.1) is 11.3 Å². The fourth-order valence-electron chi connectivity index (χ4n) is 1.83. The van der Waals surface area contributed by atoms with E-state index in [0.717, 1.165) is 7.57 Å². The van der Waals surface area contributed by atoms with E-state index in [2.05, 4.69) is 37.2 Å². The molecule has 7 heteroatoms. The lowest BCUT2D eigenvalue weighted by atomic mass is 10.00. The Kier molecular flexibility index (Phi) is 4.70. The average Bonchev–Trinajstić information content (AvgIpc) is 2.62. The zero-order valence-corrected chi connectivity index (χ0v) is 13.6. The van der Waals surface area contributed by atoms with Gasteiger partial charge in [0.15, 0.2) is 0 Å². The van der Waals surface area contributed by atoms with E-state index in [1.807, 2.05) is 0 Å². The summed E-state index contributed by atoms with van der Waals surface area (Å²) in [7, 11) is 1.59. The van der Waals surface area contributed by atoms with Crippen LogP contribution in [0.4, 0.5) is 13.2 Å². The van der Waals surface area contributed by atoms with Crippen LogP contribution in [0.5, 0.6) is 0 Å². The van der Waals surface area contributed by atoms with Crippen molar-refractivity contribution in [3.8, 4) is 0 Å². The first-order chi connectivity index (χ1) is 8.93. The van der Waals surface area contributed by atoms with Crippen molar-refractivity contribution in [2.45, 2.75) is 6.04 Å². The predicted molar refractivity (Wildman–Crippen MR) is 76.9 cm³/mol. The lowest BCUT2D eigenvalue weighted by molar-refractivity contribution is 0.500. The highest BCUT2D eigenvalue weighted by Crippen LogP contribution is 2.39. The fourth-order valence-corrected chi connectivity index (χ4v) is 4.74. The summed E-state index contributed by atoms with van der Waals surface area (Å²) >= 11 is 8.06. The van der Waals surface area contributed by atoms with Crippen LogP contribution < -0.4 is 5.32 Å². The molecule has 0 radical (unpaired) electrons. The molecule has 0 saturated carbocycles. The topological polar surface area (TPSA) is 12.0 Å². The number of benzene rings is 1. The summed E-state index contributed by atoms with van der Waals surface area (Å²) < 4.78 is 42.2. The maximum Gasteiger partial charge on any atom is 0.134 e. The molecule has 0 amide bonds. The monoisotopic (exact) mass is 413 g/mol. The Labute approximate surface area is 129 Å². The van der Waals surface area contributed by atoms with Crippen molar-refractivity contribution in [2.75, 3.05) is 7.05 Å². The second kappa shape index (κ2) is 5.95. The molecule has 0 spiro atoms. The number of thiophene rings is 1. The van der Waals surface area contributed by atoms with Crippen LogP contribution in [0.2, 0.25) is 0 Å². The van der Waals surface area contributed by atoms with Gasteiger partial charge in [0.1, 0.15) is 17.5 Å². The van der Waals surface area contributed by atoms with Gasteiger partial charge >= 0.3 is 0 Å². The molecule has 102 valence electrons. The summed E-state index contributed by atoms with van der Waals surface area (Å²) in [6, 6.07) is 2.42. The highest BCUT2D eigenvalue weighted by atomic mass is 79.9. The summed E-state index contributed by atoms with van der Waals surface area (Å²) in [5.41, 5.74) is 0.485. The van der Waals surface area contributed by atoms with Crippen molar-refractivity contribution in [3.05, 3.63) is 54.4 Å². The second-order valence-corrected chi connectivity index (χ2v) is 7.53. The van der Waals surface area contributed by atoms with Gasteiger partial charge in [0.2, 0.25) is 0 Å². The Morgan fingerprint density at radius 1 is 1.11 bits per heavy atom. The molecule has 1 atom stereocenters. The van der Waals surface area contributed by atoms with Crippen LogP contribution in [-0.2, 0) is 0 Å². The van der Waals surface area contributed by atoms with Gasteiger partial charge in [0.05, 0.1) is 13.6 Å². The zero-order chi connectivity index (χ0) is 14.2. The number of hydrogen-bond donors (Lipinski definition) is 1. The normalized spacial score (nSPS) is 12.7. The van der Waals surface area contributed by atoms with Crippen LogP contribution >= 0.6 is 43.2 Å². The Hall–Kier alpha value is -0.370. The van der Waals surface area contributed by atoms with E-state index in [1.165, 1.54) is 11.3 Å². The molecule has 19 heavy (non-hydrogen) atoms. The molecule has 0 aliphatic carbocycles. The Balaban J connectivity index is 2.57. The standard InChI is InChI=1S/C12H8Br2F3NS/c1-18-11(6-4-9(13)19-12(6)14)10-7(16)2-5(15)3-8(10)17/h2-4,11,18H,1H3. The Morgan fingerprint density at radius 3 is 2.11 bits per heavy atom. The maximum atomic E-state index is 13.8. The second-order valence-electron chi connectivity index (χ2n) is 3.78. The summed E-state index contributed by atoms with van der Waals surface area (Å²) in [6.07, 6.45) is 0. The van der Waals surface area contributed by atoms with E-state index in [0.29, 0.717) is 17.7 Å². The minimum Gasteiger partial charge on any atom is -0.309 e. The molecule has 0 aliphatic rings. The third-order valence-corrected chi connectivity index (χ3v) is 5.00. The minimum atomic E-state index is -0.931. The Bertz CT molecular complexity index is 592. The number of hydrogen-bond acceptors (Lipinski definition) is 2. The number of rotatable bonds is 3. The first-order valence-corrected chi connectivity index (χ1v) is 7.60. The van der Waals surface area contributed by atoms with Crippen LogP contribution in [0.15, 0.2) is 25.8 Å². The lowest BCUT2D eigenvalue weighted by Gasteiger charge is -2.18. The van der Waals surface area contributed by atoms with E-state index >= 15 is 0 Å². The maximum absolute atomic E-state index is 13.8. The van der Waals surface area contributed by atoms with E-state index in [-0.39, 0.29) is 5.56 Å². The van der Waals surface area contributed by atoms with Gasteiger partial charge in [-0.2, -0.15) is 0 Å². The van der Waals surface area contributed by atoms with Gasteiger partial charge in [0.25, 0.3) is 0 Å². The molecule has 1 nitrogen and oxygen atoms in total. The molecule has 0 bridgehead atoms. The Morgan fingerprint density at radius 2 is 1.68 bits per heavy atom. The van der Waals surface area contributed by atoms with Crippen molar-refractivity contribution < 1.29 is 13.2 Å². The van der Waals surface area contributed by atoms with Crippen molar-refractivity contribution in [3.63, 3.8) is 0 Å². The van der Waals surface area contributed by atoms with Crippen LogP contribution in [0.3, 0.4) is 0 Å². The van der Waals surface area contributed by atoms with Gasteiger partial charge in [0, 0.05) is 17.7 Å². The molecule has 1 heterocycles. The molecule has 0 fully saturated rings. The predicted octanol–water partition coefficient (Wildman–Crippen LogP) is 5.00. The molecular weight excluding hydrogens is 407 g/mol. The lowest BCUT2D eigenvalue weighted by Crippen LogP contribution is -2.20. The first-order valence-electron chi connectivity index (χ1n) is 5.20. The van der Waals surface area contributed by atoms with Gasteiger partial charge < -0.3 is 5.32 Å². The van der Waals surface area contributed by atoms with Crippen molar-refractivity contribution in [1.82, 2.24) is 5.32 Å². The smallest absolute Gasteiger partial charge is 0.134 e. The fraction of sp³-hybridized carbons (Fsp3) is 0.167. The third kappa shape index (κ3) is 3.04. The largest absolute Gasteiger partial charge is 0.309 e. The van der Waals surface area contributed by atoms with E-state index in [4.69, 9.17) is 0 Å². The molecular formula is C12H8Br2F3NS. The van der Waals surface area contributed by atoms with Gasteiger partial charge in [-0.1, -0.05) is 0 Å². The molecule has 0 saturated heterocycles. The van der Waals surface area contributed by atoms with Crippen LogP contribution in [0.1, 0.15) is 17.2 Å². The summed E-state index contributed by atoms with van der Waals surface area (Å²) in [5.74, 6) is -2.75.